The molecule has 0 fully saturated rings. The number of carbonyl (C=O) groups excluding carboxylic acids is 16. The van der Waals surface area contributed by atoms with Crippen LogP contribution in [0.3, 0.4) is 0 Å². The van der Waals surface area contributed by atoms with Crippen molar-refractivity contribution in [1.29, 1.82) is 0 Å². The molecule has 8 aliphatic heterocycles. The number of cyclic esters (lactones) is 16. The highest BCUT2D eigenvalue weighted by Crippen LogP contribution is 2.33. The third kappa shape index (κ3) is 18.6. The van der Waals surface area contributed by atoms with Crippen molar-refractivity contribution in [2.45, 2.75) is 94.7 Å². The van der Waals surface area contributed by atoms with Gasteiger partial charge < -0.3 is 37.9 Å². The van der Waals surface area contributed by atoms with Gasteiger partial charge in [0.05, 0.1) is 5.57 Å². The van der Waals surface area contributed by atoms with Gasteiger partial charge in [-0.3, -0.25) is 0 Å². The molecule has 0 aliphatic carbocycles. The van der Waals surface area contributed by atoms with Crippen LogP contribution in [0.1, 0.15) is 88.5 Å². The Hall–Kier alpha value is -9.17. The Kier molecular flexibility index (Phi) is 23.1. The highest BCUT2D eigenvalue weighted by atomic mass is 19.4. The molecular weight excluding hydrogens is 993 g/mol. The molecule has 0 unspecified atom stereocenters. The number of halogens is 3. The predicted octanol–water partition coefficient (Wildman–Crippen LogP) is 3.01. The maximum Gasteiger partial charge on any atom is 0.423 e. The quantitative estimate of drug-likeness (QED) is 0.223. The molecule has 0 saturated carbocycles. The van der Waals surface area contributed by atoms with Crippen LogP contribution in [0.25, 0.3) is 0 Å². The third-order valence-electron chi connectivity index (χ3n) is 9.21. The van der Waals surface area contributed by atoms with Crippen LogP contribution in [-0.4, -0.2) is 102 Å². The lowest BCUT2D eigenvalue weighted by atomic mass is 10.1. The second-order valence-electron chi connectivity index (χ2n) is 14.2. The fraction of sp³-hybridized carbons (Fsp3) is 0.304. The van der Waals surface area contributed by atoms with Crippen LogP contribution in [0.15, 0.2) is 91.7 Å². The van der Waals surface area contributed by atoms with E-state index in [-0.39, 0.29) is 0 Å². The number of esters is 16. The van der Waals surface area contributed by atoms with Gasteiger partial charge in [0.25, 0.3) is 0 Å². The Bertz CT molecular complexity index is 2590. The van der Waals surface area contributed by atoms with Crippen molar-refractivity contribution in [1.82, 2.24) is 0 Å². The molecule has 0 N–H and O–H groups in total. The topological polar surface area (TPSA) is 347 Å². The van der Waals surface area contributed by atoms with Crippen LogP contribution in [0, 0.1) is 0 Å². The number of alkyl halides is 3. The molecule has 0 spiro atoms. The Balaban J connectivity index is 0.000000419. The van der Waals surface area contributed by atoms with Crippen LogP contribution < -0.4 is 0 Å². The van der Waals surface area contributed by atoms with Crippen molar-refractivity contribution in [2.24, 2.45) is 0 Å². The molecule has 0 aromatic carbocycles. The summed E-state index contributed by atoms with van der Waals surface area (Å²) in [5.74, 6) is -10.2. The molecule has 27 heteroatoms. The molecule has 0 saturated heterocycles. The van der Waals surface area contributed by atoms with Gasteiger partial charge in [0.1, 0.15) is 0 Å². The van der Waals surface area contributed by atoms with Gasteiger partial charge >= 0.3 is 102 Å². The number of rotatable bonds is 3. The second kappa shape index (κ2) is 27.3. The van der Waals surface area contributed by atoms with Crippen molar-refractivity contribution in [2.75, 3.05) is 0 Å². The zero-order valence-electron chi connectivity index (χ0n) is 39.9. The van der Waals surface area contributed by atoms with Crippen LogP contribution in [0.5, 0.6) is 0 Å². The lowest BCUT2D eigenvalue weighted by Gasteiger charge is -2.03. The summed E-state index contributed by atoms with van der Waals surface area (Å²) in [6.07, 6.45) is 2.64. The van der Waals surface area contributed by atoms with Crippen LogP contribution in [-0.2, 0) is 115 Å². The largest absolute Gasteiger partial charge is 0.423 e. The zero-order valence-corrected chi connectivity index (χ0v) is 39.9. The van der Waals surface area contributed by atoms with Gasteiger partial charge in [-0.1, -0.05) is 20.8 Å². The Morgan fingerprint density at radius 3 is 0.767 bits per heavy atom. The fourth-order valence-electron chi connectivity index (χ4n) is 4.86. The smallest absolute Gasteiger partial charge is 0.387 e. The minimum absolute atomic E-state index is 0.370. The van der Waals surface area contributed by atoms with Crippen LogP contribution in [0.4, 0.5) is 13.2 Å². The van der Waals surface area contributed by atoms with E-state index in [1.807, 2.05) is 13.8 Å². The maximum atomic E-state index is 11.9. The van der Waals surface area contributed by atoms with E-state index in [1.54, 1.807) is 34.6 Å². The summed E-state index contributed by atoms with van der Waals surface area (Å²) >= 11 is 0. The number of carbonyl (C=O) groups is 16. The lowest BCUT2D eigenvalue weighted by Crippen LogP contribution is -2.18. The molecule has 0 aromatic heterocycles. The van der Waals surface area contributed by atoms with Gasteiger partial charge in [0.2, 0.25) is 0 Å². The lowest BCUT2D eigenvalue weighted by molar-refractivity contribution is -0.156. The van der Waals surface area contributed by atoms with E-state index in [0.717, 1.165) is 19.1 Å². The highest BCUT2D eigenvalue weighted by molar-refractivity contribution is 6.14. The summed E-state index contributed by atoms with van der Waals surface area (Å²) in [6.45, 7) is 15.7. The first-order valence-electron chi connectivity index (χ1n) is 20.4. The number of hydrogen-bond donors (Lipinski definition) is 0. The van der Waals surface area contributed by atoms with Crippen LogP contribution in [0.2, 0.25) is 0 Å². The number of ether oxygens (including phenoxy) is 8. The minimum atomic E-state index is -4.81. The summed E-state index contributed by atoms with van der Waals surface area (Å²) < 4.78 is 68.8. The monoisotopic (exact) mass is 1030 g/mol. The Morgan fingerprint density at radius 1 is 0.329 bits per heavy atom. The summed E-state index contributed by atoms with van der Waals surface area (Å²) in [5, 5.41) is 0. The van der Waals surface area contributed by atoms with Crippen molar-refractivity contribution in [3.05, 3.63) is 91.7 Å². The summed E-state index contributed by atoms with van der Waals surface area (Å²) in [5.41, 5.74) is 1.75. The van der Waals surface area contributed by atoms with E-state index in [0.29, 0.717) is 69.4 Å². The first kappa shape index (κ1) is 61.8. The van der Waals surface area contributed by atoms with Crippen LogP contribution >= 0.6 is 0 Å². The van der Waals surface area contributed by atoms with E-state index >= 15 is 0 Å². The zero-order chi connectivity index (χ0) is 56.4. The molecule has 73 heavy (non-hydrogen) atoms. The van der Waals surface area contributed by atoms with E-state index < -0.39 is 113 Å². The van der Waals surface area contributed by atoms with Crippen molar-refractivity contribution in [3.8, 4) is 0 Å². The summed E-state index contributed by atoms with van der Waals surface area (Å²) in [6, 6.07) is 0. The molecule has 390 valence electrons. The standard InChI is InChI=1S/C8H10O3.C6H3F3O3.3C6H6O3.2C5H4O3.C4H2O3/c1-3-5-6(4-2)8(10)11-7(5)9;1-2-3(6(7,8)9)5(11)12-4(2)10;2*1-3-4(2)6(8)9-5(3)7;1-2-4-3-5(7)9-6(4)8;2*1-3-2-4(6)8-5(3)7;5-3-1-2-4(6)7-3/h3-4H2,1-2H3;1H3;2*1-2H3;3H,2H2,1H3;2*2H,1H3;1-2H. The van der Waals surface area contributed by atoms with E-state index in [9.17, 15) is 89.9 Å². The Morgan fingerprint density at radius 2 is 0.630 bits per heavy atom. The van der Waals surface area contributed by atoms with E-state index in [4.69, 9.17) is 0 Å². The Labute approximate surface area is 409 Å². The molecule has 0 radical (unpaired) electrons. The number of hydrogen-bond acceptors (Lipinski definition) is 24. The average molecular weight is 1030 g/mol. The second-order valence-corrected chi connectivity index (χ2v) is 14.2. The minimum Gasteiger partial charge on any atom is -0.387 e. The molecule has 0 aromatic rings. The normalized spacial score (nSPS) is 18.3. The van der Waals surface area contributed by atoms with Gasteiger partial charge in [-0.05, 0) is 67.7 Å². The first-order valence-corrected chi connectivity index (χ1v) is 20.4. The van der Waals surface area contributed by atoms with Gasteiger partial charge in [0.15, 0.2) is 5.57 Å². The van der Waals surface area contributed by atoms with Gasteiger partial charge in [-0.25, -0.2) is 76.7 Å². The summed E-state index contributed by atoms with van der Waals surface area (Å²) in [7, 11) is 0. The SMILES string of the molecule is CC1=C(C(F)(F)F)C(=O)OC1=O.CC1=C(C)C(=O)OC1=O.CC1=C(C)C(=O)OC1=O.CC1=CC(=O)OC1=O.CC1=CC(=O)OC1=O.CCC1=C(CC)C(=O)OC1=O.CCC1=CC(=O)OC1=O.O=C1C=CC(=O)O1. The molecular formula is C46H41F3O24. The van der Waals surface area contributed by atoms with E-state index in [1.165, 1.54) is 32.1 Å². The third-order valence-corrected chi connectivity index (χ3v) is 9.21. The fourth-order valence-corrected chi connectivity index (χ4v) is 4.86. The van der Waals surface area contributed by atoms with Gasteiger partial charge in [0, 0.05) is 80.5 Å². The van der Waals surface area contributed by atoms with Gasteiger partial charge in [-0.15, -0.1) is 0 Å². The van der Waals surface area contributed by atoms with Crippen molar-refractivity contribution >= 4 is 95.5 Å². The van der Waals surface area contributed by atoms with Crippen molar-refractivity contribution < 1.29 is 128 Å². The van der Waals surface area contributed by atoms with Gasteiger partial charge in [-0.2, -0.15) is 13.2 Å². The molecule has 8 rings (SSSR count). The predicted molar refractivity (Wildman–Crippen MR) is 227 cm³/mol. The molecule has 0 atom stereocenters. The molecule has 24 nitrogen and oxygen atoms in total. The molecule has 0 amide bonds. The molecule has 8 aliphatic rings. The average Bonchev–Trinajstić information content (AvgIpc) is 4.17. The molecule has 0 bridgehead atoms. The molecule has 8 heterocycles. The summed E-state index contributed by atoms with van der Waals surface area (Å²) in [4.78, 5) is 166. The first-order chi connectivity index (χ1) is 33.7. The van der Waals surface area contributed by atoms with Crippen molar-refractivity contribution in [3.63, 3.8) is 0 Å². The maximum absolute atomic E-state index is 11.9. The van der Waals surface area contributed by atoms with E-state index in [2.05, 4.69) is 37.9 Å². The highest BCUT2D eigenvalue weighted by Gasteiger charge is 2.47.